The zero-order chi connectivity index (χ0) is 6.27. The van der Waals surface area contributed by atoms with Crippen LogP contribution in [0.3, 0.4) is 0 Å². The lowest BCUT2D eigenvalue weighted by molar-refractivity contribution is 0.0709. The fraction of sp³-hybridized carbons (Fsp3) is 1.00. The lowest BCUT2D eigenvalue weighted by Crippen LogP contribution is -2.34. The van der Waals surface area contributed by atoms with Gasteiger partial charge in [-0.15, -0.1) is 0 Å². The molecular weight excluding hydrogens is 118 g/mol. The maximum absolute atomic E-state index is 5.67. The molecule has 2 aliphatic rings. The molecule has 2 N–H and O–H groups in total. The topological polar surface area (TPSA) is 44.5 Å². The zero-order valence-corrected chi connectivity index (χ0v) is 5.25. The first-order valence-corrected chi connectivity index (χ1v) is 3.37. The predicted molar refractivity (Wildman–Crippen MR) is 32.1 cm³/mol. The molecule has 0 aromatic heterocycles. The molecule has 0 radical (unpaired) electrons. The highest BCUT2D eigenvalue weighted by atomic mass is 16.6. The van der Waals surface area contributed by atoms with Gasteiger partial charge in [-0.1, -0.05) is 0 Å². The second-order valence-corrected chi connectivity index (χ2v) is 2.66. The number of ether oxygens (including phenoxy) is 2. The molecule has 2 aliphatic heterocycles. The molecule has 0 aliphatic carbocycles. The van der Waals surface area contributed by atoms with Crippen molar-refractivity contribution in [1.82, 2.24) is 0 Å². The standard InChI is InChI=1S/C6H11NO2/c7-4-3-9-5-1-2-8-6(4)5/h4-6H,1-3,7H2/t4-,5-,6+/m0/s1. The number of rotatable bonds is 0. The summed E-state index contributed by atoms with van der Waals surface area (Å²) in [5.74, 6) is 0. The minimum atomic E-state index is 0.123. The fourth-order valence-electron chi connectivity index (χ4n) is 1.50. The first kappa shape index (κ1) is 5.65. The van der Waals surface area contributed by atoms with Gasteiger partial charge in [0.05, 0.1) is 18.8 Å². The van der Waals surface area contributed by atoms with E-state index in [4.69, 9.17) is 15.2 Å². The van der Waals surface area contributed by atoms with Crippen molar-refractivity contribution in [2.45, 2.75) is 24.7 Å². The van der Waals surface area contributed by atoms with Gasteiger partial charge in [-0.05, 0) is 6.42 Å². The molecule has 3 atom stereocenters. The van der Waals surface area contributed by atoms with Crippen LogP contribution >= 0.6 is 0 Å². The molecule has 52 valence electrons. The van der Waals surface area contributed by atoms with Crippen LogP contribution in [0.15, 0.2) is 0 Å². The minimum absolute atomic E-state index is 0.123. The Hall–Kier alpha value is -0.120. The first-order valence-electron chi connectivity index (χ1n) is 3.37. The van der Waals surface area contributed by atoms with Crippen molar-refractivity contribution in [2.75, 3.05) is 13.2 Å². The van der Waals surface area contributed by atoms with Gasteiger partial charge in [0.1, 0.15) is 6.10 Å². The van der Waals surface area contributed by atoms with E-state index in [1.165, 1.54) is 0 Å². The zero-order valence-electron chi connectivity index (χ0n) is 5.25. The summed E-state index contributed by atoms with van der Waals surface area (Å²) in [6.07, 6.45) is 1.53. The van der Waals surface area contributed by atoms with Crippen molar-refractivity contribution in [1.29, 1.82) is 0 Å². The molecule has 0 bridgehead atoms. The number of nitrogens with two attached hydrogens (primary N) is 1. The van der Waals surface area contributed by atoms with Crippen molar-refractivity contribution in [3.63, 3.8) is 0 Å². The van der Waals surface area contributed by atoms with Gasteiger partial charge in [-0.3, -0.25) is 0 Å². The molecule has 2 fully saturated rings. The van der Waals surface area contributed by atoms with Gasteiger partial charge >= 0.3 is 0 Å². The van der Waals surface area contributed by atoms with Crippen LogP contribution in [0.2, 0.25) is 0 Å². The maximum Gasteiger partial charge on any atom is 0.101 e. The summed E-state index contributed by atoms with van der Waals surface area (Å²) in [4.78, 5) is 0. The van der Waals surface area contributed by atoms with Crippen LogP contribution in [-0.2, 0) is 9.47 Å². The molecule has 3 heteroatoms. The third-order valence-electron chi connectivity index (χ3n) is 2.00. The summed E-state index contributed by atoms with van der Waals surface area (Å²) in [5.41, 5.74) is 5.67. The maximum atomic E-state index is 5.67. The summed E-state index contributed by atoms with van der Waals surface area (Å²) >= 11 is 0. The van der Waals surface area contributed by atoms with Crippen LogP contribution in [0.5, 0.6) is 0 Å². The summed E-state index contributed by atoms with van der Waals surface area (Å²) in [5, 5.41) is 0. The number of fused-ring (bicyclic) bond motifs is 1. The number of hydrogen-bond donors (Lipinski definition) is 1. The molecule has 3 nitrogen and oxygen atoms in total. The molecule has 0 spiro atoms. The average Bonchev–Trinajstić information content (AvgIpc) is 2.35. The molecule has 0 unspecified atom stereocenters. The Morgan fingerprint density at radius 3 is 3.00 bits per heavy atom. The van der Waals surface area contributed by atoms with E-state index in [1.54, 1.807) is 0 Å². The molecule has 2 heterocycles. The van der Waals surface area contributed by atoms with Crippen molar-refractivity contribution >= 4 is 0 Å². The van der Waals surface area contributed by atoms with E-state index >= 15 is 0 Å². The van der Waals surface area contributed by atoms with E-state index in [0.29, 0.717) is 12.7 Å². The Balaban J connectivity index is 2.07. The average molecular weight is 129 g/mol. The molecule has 0 saturated carbocycles. The molecule has 0 aromatic carbocycles. The molecule has 2 rings (SSSR count). The lowest BCUT2D eigenvalue weighted by atomic mass is 10.1. The van der Waals surface area contributed by atoms with Crippen molar-refractivity contribution in [3.05, 3.63) is 0 Å². The summed E-state index contributed by atoms with van der Waals surface area (Å²) in [6.45, 7) is 1.50. The fourth-order valence-corrected chi connectivity index (χ4v) is 1.50. The van der Waals surface area contributed by atoms with Gasteiger partial charge in [0.2, 0.25) is 0 Å². The molecule has 0 amide bonds. The largest absolute Gasteiger partial charge is 0.374 e. The van der Waals surface area contributed by atoms with Crippen LogP contribution in [0.25, 0.3) is 0 Å². The molecule has 9 heavy (non-hydrogen) atoms. The monoisotopic (exact) mass is 129 g/mol. The van der Waals surface area contributed by atoms with Crippen LogP contribution in [0, 0.1) is 0 Å². The van der Waals surface area contributed by atoms with E-state index < -0.39 is 0 Å². The Labute approximate surface area is 54.1 Å². The Bertz CT molecular complexity index is 118. The van der Waals surface area contributed by atoms with Gasteiger partial charge in [-0.2, -0.15) is 0 Å². The second-order valence-electron chi connectivity index (χ2n) is 2.66. The van der Waals surface area contributed by atoms with E-state index in [0.717, 1.165) is 13.0 Å². The highest BCUT2D eigenvalue weighted by Gasteiger charge is 2.39. The summed E-state index contributed by atoms with van der Waals surface area (Å²) in [7, 11) is 0. The first-order chi connectivity index (χ1) is 4.38. The molecule has 2 saturated heterocycles. The Morgan fingerprint density at radius 1 is 1.33 bits per heavy atom. The van der Waals surface area contributed by atoms with Crippen molar-refractivity contribution < 1.29 is 9.47 Å². The van der Waals surface area contributed by atoms with Gasteiger partial charge in [0.15, 0.2) is 0 Å². The van der Waals surface area contributed by atoms with E-state index in [1.807, 2.05) is 0 Å². The van der Waals surface area contributed by atoms with Crippen LogP contribution < -0.4 is 5.73 Å². The van der Waals surface area contributed by atoms with Gasteiger partial charge in [0, 0.05) is 6.61 Å². The SMILES string of the molecule is N[C@H]1CO[C@H]2CCO[C@@H]21. The lowest BCUT2D eigenvalue weighted by Gasteiger charge is -2.09. The molecular formula is C6H11NO2. The van der Waals surface area contributed by atoms with E-state index in [2.05, 4.69) is 0 Å². The highest BCUT2D eigenvalue weighted by Crippen LogP contribution is 2.24. The number of hydrogen-bond acceptors (Lipinski definition) is 3. The highest BCUT2D eigenvalue weighted by molar-refractivity contribution is 4.90. The van der Waals surface area contributed by atoms with Gasteiger partial charge in [-0.25, -0.2) is 0 Å². The smallest absolute Gasteiger partial charge is 0.101 e. The second kappa shape index (κ2) is 1.94. The van der Waals surface area contributed by atoms with Crippen LogP contribution in [-0.4, -0.2) is 31.5 Å². The normalized spacial score (nSPS) is 49.7. The third-order valence-corrected chi connectivity index (χ3v) is 2.00. The Kier molecular flexibility index (Phi) is 1.22. The summed E-state index contributed by atoms with van der Waals surface area (Å²) in [6, 6.07) is 0.123. The van der Waals surface area contributed by atoms with Crippen LogP contribution in [0.4, 0.5) is 0 Å². The van der Waals surface area contributed by atoms with Crippen molar-refractivity contribution in [2.24, 2.45) is 5.73 Å². The van der Waals surface area contributed by atoms with E-state index in [-0.39, 0.29) is 12.1 Å². The summed E-state index contributed by atoms with van der Waals surface area (Å²) < 4.78 is 10.7. The minimum Gasteiger partial charge on any atom is -0.374 e. The third kappa shape index (κ3) is 0.764. The van der Waals surface area contributed by atoms with E-state index in [9.17, 15) is 0 Å². The quantitative estimate of drug-likeness (QED) is 0.479. The molecule has 0 aromatic rings. The van der Waals surface area contributed by atoms with Gasteiger partial charge in [0.25, 0.3) is 0 Å². The van der Waals surface area contributed by atoms with Crippen molar-refractivity contribution in [3.8, 4) is 0 Å². The van der Waals surface area contributed by atoms with Crippen LogP contribution in [0.1, 0.15) is 6.42 Å². The Morgan fingerprint density at radius 2 is 2.22 bits per heavy atom. The van der Waals surface area contributed by atoms with Gasteiger partial charge < -0.3 is 15.2 Å². The predicted octanol–water partition coefficient (Wildman–Crippen LogP) is -0.499.